The topological polar surface area (TPSA) is 49.4 Å². The zero-order chi connectivity index (χ0) is 20.8. The van der Waals surface area contributed by atoms with E-state index in [2.05, 4.69) is 40.0 Å². The molecule has 1 heterocycles. The molecule has 0 amide bonds. The molecule has 2 aromatic rings. The molecule has 2 aromatic carbocycles. The fourth-order valence-electron chi connectivity index (χ4n) is 4.73. The second-order valence-corrected chi connectivity index (χ2v) is 11.3. The summed E-state index contributed by atoms with van der Waals surface area (Å²) in [4.78, 5) is 0.258. The van der Waals surface area contributed by atoms with Gasteiger partial charge in [-0.1, -0.05) is 39.7 Å². The van der Waals surface area contributed by atoms with Gasteiger partial charge in [0.2, 0.25) is 10.0 Å². The molecule has 4 nitrogen and oxygen atoms in total. The lowest BCUT2D eigenvalue weighted by Gasteiger charge is -2.42. The molecule has 2 aliphatic rings. The number of rotatable bonds is 5. The number of nitrogens with zero attached hydrogens (tertiary/aromatic N) is 1. The number of hydrogen-bond donors (Lipinski definition) is 1. The summed E-state index contributed by atoms with van der Waals surface area (Å²) in [6.07, 6.45) is 3.82. The Hall–Kier alpha value is -1.34. The van der Waals surface area contributed by atoms with Crippen LogP contribution in [0.5, 0.6) is 0 Å². The Morgan fingerprint density at radius 2 is 2.00 bits per heavy atom. The molecule has 29 heavy (non-hydrogen) atoms. The van der Waals surface area contributed by atoms with Crippen LogP contribution in [0.4, 0.5) is 5.69 Å². The van der Waals surface area contributed by atoms with E-state index < -0.39 is 10.0 Å². The van der Waals surface area contributed by atoms with E-state index in [9.17, 15) is 8.42 Å². The van der Waals surface area contributed by atoms with Gasteiger partial charge >= 0.3 is 0 Å². The standard InChI is InChI=1S/C22H24BrClN2O2S/c1-15-4-3-5-21-22(15,19-14-16(23)6-11-20(19)25-21)12-13-26(2)29(27,28)18-9-7-17(24)8-10-18/h6-11,14,21,25H,1,3-5,12-13H2,2H3/t21-,22-/m0/s1. The first-order valence-electron chi connectivity index (χ1n) is 9.72. The lowest BCUT2D eigenvalue weighted by atomic mass is 9.63. The van der Waals surface area contributed by atoms with Gasteiger partial charge in [-0.2, -0.15) is 0 Å². The molecule has 0 bridgehead atoms. The van der Waals surface area contributed by atoms with Gasteiger partial charge in [0.15, 0.2) is 0 Å². The maximum Gasteiger partial charge on any atom is 0.242 e. The van der Waals surface area contributed by atoms with Crippen molar-refractivity contribution in [2.45, 2.75) is 42.0 Å². The Morgan fingerprint density at radius 3 is 2.72 bits per heavy atom. The minimum Gasteiger partial charge on any atom is -0.381 e. The Bertz CT molecular complexity index is 1050. The molecule has 1 aliphatic heterocycles. The van der Waals surface area contributed by atoms with Gasteiger partial charge < -0.3 is 5.32 Å². The van der Waals surface area contributed by atoms with Crippen LogP contribution in [0, 0.1) is 0 Å². The first kappa shape index (κ1) is 20.9. The summed E-state index contributed by atoms with van der Waals surface area (Å²) in [6.45, 7) is 4.84. The number of hydrogen-bond acceptors (Lipinski definition) is 3. The summed E-state index contributed by atoms with van der Waals surface area (Å²) >= 11 is 9.51. The zero-order valence-corrected chi connectivity index (χ0v) is 19.4. The van der Waals surface area contributed by atoms with Gasteiger partial charge in [-0.05, 0) is 73.7 Å². The van der Waals surface area contributed by atoms with E-state index in [0.717, 1.165) is 29.4 Å². The number of sulfonamides is 1. The van der Waals surface area contributed by atoms with Gasteiger partial charge in [-0.15, -0.1) is 0 Å². The van der Waals surface area contributed by atoms with Gasteiger partial charge in [0.05, 0.1) is 4.90 Å². The summed E-state index contributed by atoms with van der Waals surface area (Å²) in [5.74, 6) is 0. The molecule has 0 spiro atoms. The van der Waals surface area contributed by atoms with E-state index >= 15 is 0 Å². The minimum atomic E-state index is -3.58. The quantitative estimate of drug-likeness (QED) is 0.551. The third kappa shape index (κ3) is 3.54. The van der Waals surface area contributed by atoms with E-state index in [0.29, 0.717) is 18.0 Å². The van der Waals surface area contributed by atoms with Crippen molar-refractivity contribution in [3.63, 3.8) is 0 Å². The molecule has 7 heteroatoms. The van der Waals surface area contributed by atoms with Gasteiger partial charge in [0, 0.05) is 40.2 Å². The van der Waals surface area contributed by atoms with Crippen LogP contribution >= 0.6 is 27.5 Å². The molecule has 1 N–H and O–H groups in total. The Labute approximate surface area is 186 Å². The molecular weight excluding hydrogens is 472 g/mol. The van der Waals surface area contributed by atoms with Gasteiger partial charge in [-0.3, -0.25) is 0 Å². The molecule has 1 fully saturated rings. The lowest BCUT2D eigenvalue weighted by Crippen LogP contribution is -2.45. The molecule has 154 valence electrons. The Kier molecular flexibility index (Phi) is 5.57. The number of fused-ring (bicyclic) bond motifs is 3. The second-order valence-electron chi connectivity index (χ2n) is 7.88. The normalized spacial score (nSPS) is 23.6. The predicted octanol–water partition coefficient (Wildman–Crippen LogP) is 5.59. The number of halogens is 2. The first-order chi connectivity index (χ1) is 13.7. The van der Waals surface area contributed by atoms with Crippen molar-refractivity contribution < 1.29 is 8.42 Å². The molecule has 2 atom stereocenters. The first-order valence-corrected chi connectivity index (χ1v) is 12.3. The van der Waals surface area contributed by atoms with Crippen molar-refractivity contribution in [2.75, 3.05) is 18.9 Å². The Morgan fingerprint density at radius 1 is 1.28 bits per heavy atom. The van der Waals surface area contributed by atoms with E-state index in [4.69, 9.17) is 11.6 Å². The second kappa shape index (κ2) is 7.73. The van der Waals surface area contributed by atoms with E-state index in [1.165, 1.54) is 15.4 Å². The molecule has 0 aromatic heterocycles. The van der Waals surface area contributed by atoms with Crippen LogP contribution in [0.3, 0.4) is 0 Å². The molecule has 4 rings (SSSR count). The van der Waals surface area contributed by atoms with E-state index in [1.807, 2.05) is 6.07 Å². The van der Waals surface area contributed by atoms with E-state index in [1.54, 1.807) is 31.3 Å². The highest BCUT2D eigenvalue weighted by atomic mass is 79.9. The van der Waals surface area contributed by atoms with Gasteiger partial charge in [0.25, 0.3) is 0 Å². The van der Waals surface area contributed by atoms with Crippen molar-refractivity contribution in [1.29, 1.82) is 0 Å². The van der Waals surface area contributed by atoms with Crippen LogP contribution in [-0.4, -0.2) is 32.4 Å². The summed E-state index contributed by atoms with van der Waals surface area (Å²) in [5, 5.41) is 4.19. The summed E-state index contributed by atoms with van der Waals surface area (Å²) in [6, 6.07) is 12.9. The minimum absolute atomic E-state index is 0.249. The highest BCUT2D eigenvalue weighted by molar-refractivity contribution is 9.10. The summed E-state index contributed by atoms with van der Waals surface area (Å²) in [7, 11) is -1.93. The average Bonchev–Trinajstić information content (AvgIpc) is 3.01. The zero-order valence-electron chi connectivity index (χ0n) is 16.3. The maximum atomic E-state index is 13.0. The van der Waals surface area contributed by atoms with Gasteiger partial charge in [-0.25, -0.2) is 12.7 Å². The van der Waals surface area contributed by atoms with E-state index in [-0.39, 0.29) is 16.4 Å². The number of benzene rings is 2. The molecule has 0 radical (unpaired) electrons. The van der Waals surface area contributed by atoms with Crippen LogP contribution in [-0.2, 0) is 15.4 Å². The molecule has 0 unspecified atom stereocenters. The van der Waals surface area contributed by atoms with Crippen LogP contribution in [0.2, 0.25) is 5.02 Å². The van der Waals surface area contributed by atoms with Crippen molar-refractivity contribution >= 4 is 43.2 Å². The fourth-order valence-corrected chi connectivity index (χ4v) is 6.39. The summed E-state index contributed by atoms with van der Waals surface area (Å²) in [5.41, 5.74) is 3.29. The van der Waals surface area contributed by atoms with Crippen molar-refractivity contribution in [1.82, 2.24) is 4.31 Å². The smallest absolute Gasteiger partial charge is 0.242 e. The SMILES string of the molecule is C=C1CCC[C@@H]2Nc3ccc(Br)cc3[C@]12CCN(C)S(=O)(=O)c1ccc(Cl)cc1. The molecule has 1 aliphatic carbocycles. The highest BCUT2D eigenvalue weighted by Gasteiger charge is 2.50. The van der Waals surface area contributed by atoms with Crippen LogP contribution < -0.4 is 5.32 Å². The molecule has 1 saturated carbocycles. The summed E-state index contributed by atoms with van der Waals surface area (Å²) < 4.78 is 28.5. The van der Waals surface area contributed by atoms with Crippen LogP contribution in [0.1, 0.15) is 31.2 Å². The number of anilines is 1. The third-order valence-corrected chi connectivity index (χ3v) is 8.95. The third-order valence-electron chi connectivity index (χ3n) is 6.33. The monoisotopic (exact) mass is 494 g/mol. The number of nitrogens with one attached hydrogen (secondary N) is 1. The maximum absolute atomic E-state index is 13.0. The Balaban J connectivity index is 1.64. The van der Waals surface area contributed by atoms with Crippen LogP contribution in [0.25, 0.3) is 0 Å². The van der Waals surface area contributed by atoms with Gasteiger partial charge in [0.1, 0.15) is 0 Å². The highest BCUT2D eigenvalue weighted by Crippen LogP contribution is 2.53. The lowest BCUT2D eigenvalue weighted by molar-refractivity contribution is 0.316. The van der Waals surface area contributed by atoms with Crippen molar-refractivity contribution in [3.8, 4) is 0 Å². The van der Waals surface area contributed by atoms with Crippen molar-refractivity contribution in [2.24, 2.45) is 0 Å². The predicted molar refractivity (Wildman–Crippen MR) is 122 cm³/mol. The fraction of sp³-hybridized carbons (Fsp3) is 0.364. The molecule has 0 saturated heterocycles. The van der Waals surface area contributed by atoms with Crippen molar-refractivity contribution in [3.05, 3.63) is 69.7 Å². The molecular formula is C22H24BrClN2O2S. The van der Waals surface area contributed by atoms with Crippen LogP contribution in [0.15, 0.2) is 64.0 Å². The largest absolute Gasteiger partial charge is 0.381 e. The average molecular weight is 496 g/mol.